The summed E-state index contributed by atoms with van der Waals surface area (Å²) in [6, 6.07) is 0. The fourth-order valence-electron chi connectivity index (χ4n) is 11.4. The third-order valence-electron chi connectivity index (χ3n) is 10.7. The van der Waals surface area contributed by atoms with Gasteiger partial charge in [-0.05, 0) is 88.8 Å². The monoisotopic (exact) mass is 240 g/mol. The lowest BCUT2D eigenvalue weighted by Crippen LogP contribution is -3.07. The van der Waals surface area contributed by atoms with Crippen LogP contribution in [-0.2, 0) is 0 Å². The SMILES string of the molecule is CC1CC23C(C)C4C5CC(C)C6CC7C(C12)C43C657. The molecule has 0 heterocycles. The third-order valence-corrected chi connectivity index (χ3v) is 10.7. The fraction of sp³-hybridized carbons (Fsp3) is 1.00. The van der Waals surface area contributed by atoms with Crippen LogP contribution in [0.2, 0.25) is 0 Å². The minimum atomic E-state index is 0.928. The first-order valence-electron chi connectivity index (χ1n) is 8.65. The van der Waals surface area contributed by atoms with Crippen LogP contribution in [0.1, 0.15) is 40.0 Å². The van der Waals surface area contributed by atoms with Gasteiger partial charge in [0, 0.05) is 0 Å². The largest absolute Gasteiger partial charge is 0.0622 e. The van der Waals surface area contributed by atoms with Crippen molar-refractivity contribution in [2.45, 2.75) is 40.0 Å². The van der Waals surface area contributed by atoms with Crippen LogP contribution < -0.4 is 0 Å². The van der Waals surface area contributed by atoms with Crippen molar-refractivity contribution in [2.75, 3.05) is 0 Å². The van der Waals surface area contributed by atoms with E-state index >= 15 is 0 Å². The Morgan fingerprint density at radius 1 is 0.778 bits per heavy atom. The molecule has 12 unspecified atom stereocenters. The maximum absolute atomic E-state index is 2.65. The highest BCUT2D eigenvalue weighted by atomic mass is 15.1. The molecule has 0 saturated heterocycles. The molecule has 0 aromatic heterocycles. The van der Waals surface area contributed by atoms with Gasteiger partial charge in [0.15, 0.2) is 0 Å². The molecule has 96 valence electrons. The highest BCUT2D eigenvalue weighted by molar-refractivity contribution is 5.55. The third kappa shape index (κ3) is 0.383. The van der Waals surface area contributed by atoms with E-state index in [1.165, 1.54) is 35.5 Å². The second-order valence-corrected chi connectivity index (χ2v) is 9.66. The summed E-state index contributed by atoms with van der Waals surface area (Å²) in [7, 11) is 0. The van der Waals surface area contributed by atoms with E-state index in [-0.39, 0.29) is 0 Å². The molecule has 0 aromatic carbocycles. The van der Waals surface area contributed by atoms with E-state index in [2.05, 4.69) is 20.8 Å². The molecule has 12 atom stereocenters. The number of fused-ring (bicyclic) bond motifs is 3. The lowest BCUT2D eigenvalue weighted by atomic mass is 8.94. The molecule has 3 spiro atoms. The van der Waals surface area contributed by atoms with Gasteiger partial charge >= 0.3 is 0 Å². The topological polar surface area (TPSA) is 0 Å². The van der Waals surface area contributed by atoms with Gasteiger partial charge in [-0.3, -0.25) is 0 Å². The van der Waals surface area contributed by atoms with Crippen LogP contribution in [-0.4, -0.2) is 0 Å². The summed E-state index contributed by atoms with van der Waals surface area (Å²) in [5, 5.41) is 0. The van der Waals surface area contributed by atoms with Crippen molar-refractivity contribution in [1.82, 2.24) is 0 Å². The van der Waals surface area contributed by atoms with E-state index in [1.807, 2.05) is 0 Å². The minimum absolute atomic E-state index is 0.928. The predicted molar refractivity (Wildman–Crippen MR) is 69.6 cm³/mol. The van der Waals surface area contributed by atoms with E-state index in [0.717, 1.165) is 34.0 Å². The van der Waals surface area contributed by atoms with Crippen molar-refractivity contribution in [3.05, 3.63) is 0 Å². The Bertz CT molecular complexity index is 532. The smallest absolute Gasteiger partial charge is 0.0103 e. The van der Waals surface area contributed by atoms with E-state index in [9.17, 15) is 0 Å². The van der Waals surface area contributed by atoms with Gasteiger partial charge < -0.3 is 0 Å². The zero-order valence-corrected chi connectivity index (χ0v) is 11.8. The summed E-state index contributed by atoms with van der Waals surface area (Å²) in [5.41, 5.74) is 2.89. The van der Waals surface area contributed by atoms with Crippen LogP contribution in [0.15, 0.2) is 0 Å². The predicted octanol–water partition coefficient (Wildman–Crippen LogP) is 3.82. The lowest BCUT2D eigenvalue weighted by Gasteiger charge is -3.10. The Labute approximate surface area is 110 Å². The van der Waals surface area contributed by atoms with Gasteiger partial charge in [0.05, 0.1) is 0 Å². The Balaban J connectivity index is 1.48. The van der Waals surface area contributed by atoms with E-state index in [4.69, 9.17) is 0 Å². The van der Waals surface area contributed by atoms with Crippen LogP contribution >= 0.6 is 0 Å². The minimum Gasteiger partial charge on any atom is -0.0622 e. The molecule has 7 rings (SSSR count). The maximum atomic E-state index is 2.65. The quantitative estimate of drug-likeness (QED) is 0.604. The van der Waals surface area contributed by atoms with Crippen molar-refractivity contribution in [3.8, 4) is 0 Å². The van der Waals surface area contributed by atoms with Crippen LogP contribution in [0.4, 0.5) is 0 Å². The maximum Gasteiger partial charge on any atom is -0.0103 e. The summed E-state index contributed by atoms with van der Waals surface area (Å²) < 4.78 is 0. The molecule has 0 aliphatic heterocycles. The molecule has 0 N–H and O–H groups in total. The van der Waals surface area contributed by atoms with Gasteiger partial charge in [0.25, 0.3) is 0 Å². The molecule has 0 heteroatoms. The molecule has 0 radical (unpaired) electrons. The molecule has 0 bridgehead atoms. The summed E-state index contributed by atoms with van der Waals surface area (Å²) in [6.07, 6.45) is 4.92. The van der Waals surface area contributed by atoms with Crippen molar-refractivity contribution < 1.29 is 0 Å². The molecule has 0 nitrogen and oxygen atoms in total. The molecule has 7 aliphatic rings. The number of hydrogen-bond acceptors (Lipinski definition) is 0. The number of hydrogen-bond donors (Lipinski definition) is 0. The normalized spacial score (nSPS) is 90.5. The second kappa shape index (κ2) is 1.89. The standard InChI is InChI=1S/C18H24/c1-7-4-11-14-9(3)16-6-8(2)13(16)15-12-5-10(7)17(11,12)18(14,15)16/h7-15H,4-6H2,1-3H3. The van der Waals surface area contributed by atoms with Crippen molar-refractivity contribution in [3.63, 3.8) is 0 Å². The first kappa shape index (κ1) is 9.03. The van der Waals surface area contributed by atoms with Crippen LogP contribution in [0, 0.1) is 69.5 Å². The van der Waals surface area contributed by atoms with Gasteiger partial charge in [-0.2, -0.15) is 0 Å². The highest BCUT2D eigenvalue weighted by Crippen LogP contribution is 3.12. The Morgan fingerprint density at radius 2 is 1.56 bits per heavy atom. The van der Waals surface area contributed by atoms with Crippen LogP contribution in [0.3, 0.4) is 0 Å². The molecule has 18 heavy (non-hydrogen) atoms. The summed E-state index contributed by atoms with van der Waals surface area (Å²) in [6.45, 7) is 7.81. The molecule has 0 aromatic rings. The number of rotatable bonds is 0. The first-order valence-corrected chi connectivity index (χ1v) is 8.65. The van der Waals surface area contributed by atoms with Gasteiger partial charge in [0.1, 0.15) is 0 Å². The van der Waals surface area contributed by atoms with Crippen molar-refractivity contribution in [1.29, 1.82) is 0 Å². The molecule has 7 fully saturated rings. The molecular weight excluding hydrogens is 216 g/mol. The molecule has 7 saturated carbocycles. The average Bonchev–Trinajstić information content (AvgIpc) is 2.49. The van der Waals surface area contributed by atoms with Crippen LogP contribution in [0.25, 0.3) is 0 Å². The van der Waals surface area contributed by atoms with Gasteiger partial charge in [0.2, 0.25) is 0 Å². The second-order valence-electron chi connectivity index (χ2n) is 9.66. The Kier molecular flexibility index (Phi) is 0.948. The van der Waals surface area contributed by atoms with Crippen LogP contribution in [0.5, 0.6) is 0 Å². The van der Waals surface area contributed by atoms with Crippen molar-refractivity contribution >= 4 is 0 Å². The molecular formula is C18H24. The van der Waals surface area contributed by atoms with E-state index in [0.29, 0.717) is 0 Å². The van der Waals surface area contributed by atoms with Gasteiger partial charge in [-0.1, -0.05) is 20.8 Å². The van der Waals surface area contributed by atoms with Gasteiger partial charge in [-0.15, -0.1) is 0 Å². The fourth-order valence-corrected chi connectivity index (χ4v) is 11.4. The molecule has 7 aliphatic carbocycles. The Hall–Kier alpha value is 0. The van der Waals surface area contributed by atoms with E-state index in [1.54, 1.807) is 19.3 Å². The Morgan fingerprint density at radius 3 is 2.33 bits per heavy atom. The summed E-state index contributed by atoms with van der Waals surface area (Å²) in [4.78, 5) is 0. The van der Waals surface area contributed by atoms with Gasteiger partial charge in [-0.25, -0.2) is 0 Å². The summed E-state index contributed by atoms with van der Waals surface area (Å²) >= 11 is 0. The highest BCUT2D eigenvalue weighted by Gasteiger charge is 3.09. The zero-order valence-electron chi connectivity index (χ0n) is 11.8. The van der Waals surface area contributed by atoms with Crippen molar-refractivity contribution in [2.24, 2.45) is 69.5 Å². The summed E-state index contributed by atoms with van der Waals surface area (Å²) in [5.74, 6) is 10.6. The first-order chi connectivity index (χ1) is 8.65. The molecule has 0 amide bonds. The zero-order chi connectivity index (χ0) is 11.8. The lowest BCUT2D eigenvalue weighted by molar-refractivity contribution is -0.638. The average molecular weight is 240 g/mol. The van der Waals surface area contributed by atoms with E-state index < -0.39 is 0 Å².